The van der Waals surface area contributed by atoms with Crippen LogP contribution in [0, 0.1) is 0 Å². The van der Waals surface area contributed by atoms with Crippen molar-refractivity contribution in [3.05, 3.63) is 33.8 Å². The van der Waals surface area contributed by atoms with Crippen LogP contribution < -0.4 is 10.6 Å². The lowest BCUT2D eigenvalue weighted by atomic mass is 10.1. The number of hydrogen-bond acceptors (Lipinski definition) is 3. The molecule has 1 saturated heterocycles. The molecule has 0 bridgehead atoms. The number of benzene rings is 1. The summed E-state index contributed by atoms with van der Waals surface area (Å²) in [6, 6.07) is 5.01. The molecule has 22 heavy (non-hydrogen) atoms. The number of sulfone groups is 1. The van der Waals surface area contributed by atoms with E-state index in [1.54, 1.807) is 12.1 Å². The van der Waals surface area contributed by atoms with Crippen LogP contribution in [0.3, 0.4) is 0 Å². The van der Waals surface area contributed by atoms with Gasteiger partial charge in [-0.05, 0) is 25.5 Å². The molecule has 1 aromatic rings. The van der Waals surface area contributed by atoms with E-state index in [0.29, 0.717) is 16.5 Å². The number of halogens is 2. The van der Waals surface area contributed by atoms with Gasteiger partial charge in [0.15, 0.2) is 16.4 Å². The Morgan fingerprint density at radius 2 is 2.18 bits per heavy atom. The molecular formula is C14H19Cl2N2O3S+. The Morgan fingerprint density at radius 3 is 2.77 bits per heavy atom. The highest BCUT2D eigenvalue weighted by Gasteiger charge is 2.29. The molecule has 1 aromatic carbocycles. The lowest BCUT2D eigenvalue weighted by Crippen LogP contribution is -2.87. The molecule has 5 nitrogen and oxygen atoms in total. The van der Waals surface area contributed by atoms with Crippen LogP contribution in [0.1, 0.15) is 24.9 Å². The minimum atomic E-state index is -2.98. The summed E-state index contributed by atoms with van der Waals surface area (Å²) in [7, 11) is -2.98. The SMILES string of the molecule is C[C@@H]([NH2+]CC(=O)N[C@H]1CCS(=O)(=O)C1)c1ccc(Cl)cc1Cl. The van der Waals surface area contributed by atoms with Gasteiger partial charge in [-0.25, -0.2) is 8.42 Å². The highest BCUT2D eigenvalue weighted by Crippen LogP contribution is 2.24. The maximum atomic E-state index is 11.9. The summed E-state index contributed by atoms with van der Waals surface area (Å²) in [5.74, 6) is 0.0227. The summed E-state index contributed by atoms with van der Waals surface area (Å²) in [4.78, 5) is 11.9. The molecule has 122 valence electrons. The van der Waals surface area contributed by atoms with Crippen LogP contribution in [0.5, 0.6) is 0 Å². The molecule has 1 heterocycles. The summed E-state index contributed by atoms with van der Waals surface area (Å²) in [6.45, 7) is 2.17. The normalized spacial score (nSPS) is 21.5. The van der Waals surface area contributed by atoms with Crippen LogP contribution in [0.15, 0.2) is 18.2 Å². The Hall–Kier alpha value is -0.820. The molecule has 2 atom stereocenters. The van der Waals surface area contributed by atoms with Crippen molar-refractivity contribution in [3.8, 4) is 0 Å². The largest absolute Gasteiger partial charge is 0.347 e. The molecule has 2 rings (SSSR count). The van der Waals surface area contributed by atoms with Crippen molar-refractivity contribution >= 4 is 38.9 Å². The van der Waals surface area contributed by atoms with Gasteiger partial charge in [0, 0.05) is 16.6 Å². The van der Waals surface area contributed by atoms with Crippen molar-refractivity contribution in [3.63, 3.8) is 0 Å². The van der Waals surface area contributed by atoms with Gasteiger partial charge in [-0.15, -0.1) is 0 Å². The van der Waals surface area contributed by atoms with Crippen LogP contribution in [0.25, 0.3) is 0 Å². The third-order valence-electron chi connectivity index (χ3n) is 3.71. The fourth-order valence-corrected chi connectivity index (χ4v) is 4.73. The van der Waals surface area contributed by atoms with Crippen LogP contribution in [-0.2, 0) is 14.6 Å². The van der Waals surface area contributed by atoms with Gasteiger partial charge < -0.3 is 10.6 Å². The van der Waals surface area contributed by atoms with Gasteiger partial charge in [-0.1, -0.05) is 29.3 Å². The van der Waals surface area contributed by atoms with E-state index in [9.17, 15) is 13.2 Å². The molecule has 0 spiro atoms. The van der Waals surface area contributed by atoms with Gasteiger partial charge in [0.2, 0.25) is 0 Å². The van der Waals surface area contributed by atoms with Crippen LogP contribution in [0.4, 0.5) is 0 Å². The highest BCUT2D eigenvalue weighted by molar-refractivity contribution is 7.91. The fraction of sp³-hybridized carbons (Fsp3) is 0.500. The zero-order valence-corrected chi connectivity index (χ0v) is 14.5. The van der Waals surface area contributed by atoms with Crippen molar-refractivity contribution in [2.45, 2.75) is 25.4 Å². The van der Waals surface area contributed by atoms with Gasteiger partial charge >= 0.3 is 0 Å². The molecule has 0 aromatic heterocycles. The highest BCUT2D eigenvalue weighted by atomic mass is 35.5. The van der Waals surface area contributed by atoms with Crippen molar-refractivity contribution in [1.82, 2.24) is 5.32 Å². The van der Waals surface area contributed by atoms with E-state index in [-0.39, 0.29) is 36.0 Å². The summed E-state index contributed by atoms with van der Waals surface area (Å²) in [6.07, 6.45) is 0.493. The van der Waals surface area contributed by atoms with E-state index in [2.05, 4.69) is 5.32 Å². The first-order valence-electron chi connectivity index (χ1n) is 7.05. The van der Waals surface area contributed by atoms with E-state index >= 15 is 0 Å². The Morgan fingerprint density at radius 1 is 1.45 bits per heavy atom. The molecule has 1 amide bonds. The zero-order valence-electron chi connectivity index (χ0n) is 12.2. The van der Waals surface area contributed by atoms with Crippen LogP contribution in [-0.4, -0.2) is 38.4 Å². The van der Waals surface area contributed by atoms with Gasteiger partial charge in [0.25, 0.3) is 5.91 Å². The summed E-state index contributed by atoms with van der Waals surface area (Å²) in [5, 5.41) is 5.76. The smallest absolute Gasteiger partial charge is 0.275 e. The summed E-state index contributed by atoms with van der Waals surface area (Å²) in [5.41, 5.74) is 0.905. The van der Waals surface area contributed by atoms with Crippen molar-refractivity contribution in [2.24, 2.45) is 0 Å². The number of carbonyl (C=O) groups excluding carboxylic acids is 1. The monoisotopic (exact) mass is 365 g/mol. The van der Waals surface area contributed by atoms with Crippen molar-refractivity contribution in [2.75, 3.05) is 18.1 Å². The molecule has 1 fully saturated rings. The molecule has 8 heteroatoms. The second kappa shape index (κ2) is 7.17. The Labute approximate surface area is 140 Å². The molecule has 1 aliphatic heterocycles. The van der Waals surface area contributed by atoms with Gasteiger partial charge in [-0.2, -0.15) is 0 Å². The summed E-state index contributed by atoms with van der Waals surface area (Å²) >= 11 is 12.0. The maximum absolute atomic E-state index is 11.9. The number of hydrogen-bond donors (Lipinski definition) is 2. The molecule has 0 radical (unpaired) electrons. The van der Waals surface area contributed by atoms with E-state index in [0.717, 1.165) is 5.56 Å². The van der Waals surface area contributed by atoms with E-state index < -0.39 is 9.84 Å². The van der Waals surface area contributed by atoms with Crippen LogP contribution in [0.2, 0.25) is 10.0 Å². The lowest BCUT2D eigenvalue weighted by Gasteiger charge is -2.14. The minimum Gasteiger partial charge on any atom is -0.347 e. The Kier molecular flexibility index (Phi) is 5.71. The lowest BCUT2D eigenvalue weighted by molar-refractivity contribution is -0.682. The standard InChI is InChI=1S/C14H18Cl2N2O3S/c1-9(12-3-2-10(15)6-13(12)16)17-7-14(19)18-11-4-5-22(20,21)8-11/h2-3,6,9,11,17H,4-5,7-8H2,1H3,(H,18,19)/p+1/t9-,11+/m1/s1. The first-order chi connectivity index (χ1) is 10.3. The van der Waals surface area contributed by atoms with E-state index in [1.807, 2.05) is 18.3 Å². The molecule has 1 aliphatic rings. The zero-order chi connectivity index (χ0) is 16.3. The molecule has 0 unspecified atom stereocenters. The first-order valence-corrected chi connectivity index (χ1v) is 9.62. The first kappa shape index (κ1) is 17.5. The third-order valence-corrected chi connectivity index (χ3v) is 6.04. The van der Waals surface area contributed by atoms with Gasteiger partial charge in [0.1, 0.15) is 6.04 Å². The third kappa shape index (κ3) is 4.84. The van der Waals surface area contributed by atoms with E-state index in [1.165, 1.54) is 0 Å². The fourth-order valence-electron chi connectivity index (χ4n) is 2.48. The van der Waals surface area contributed by atoms with Crippen molar-refractivity contribution < 1.29 is 18.5 Å². The van der Waals surface area contributed by atoms with Gasteiger partial charge in [-0.3, -0.25) is 4.79 Å². The average molecular weight is 366 g/mol. The number of nitrogens with one attached hydrogen (secondary N) is 1. The number of nitrogens with two attached hydrogens (primary N) is 1. The Bertz CT molecular complexity index is 664. The minimum absolute atomic E-state index is 0.00262. The van der Waals surface area contributed by atoms with Crippen LogP contribution >= 0.6 is 23.2 Å². The topological polar surface area (TPSA) is 79.8 Å². The number of amides is 1. The second-order valence-electron chi connectivity index (χ2n) is 5.56. The molecule has 3 N–H and O–H groups in total. The molecule has 0 aliphatic carbocycles. The summed E-state index contributed by atoms with van der Waals surface area (Å²) < 4.78 is 22.7. The predicted molar refractivity (Wildman–Crippen MR) is 86.9 cm³/mol. The predicted octanol–water partition coefficient (Wildman–Crippen LogP) is 0.921. The van der Waals surface area contributed by atoms with Gasteiger partial charge in [0.05, 0.1) is 16.5 Å². The number of carbonyl (C=O) groups is 1. The second-order valence-corrected chi connectivity index (χ2v) is 8.63. The molecular weight excluding hydrogens is 347 g/mol. The van der Waals surface area contributed by atoms with Crippen molar-refractivity contribution in [1.29, 1.82) is 0 Å². The quantitative estimate of drug-likeness (QED) is 0.813. The molecule has 0 saturated carbocycles. The Balaban J connectivity index is 1.83. The number of quaternary nitrogens is 1. The maximum Gasteiger partial charge on any atom is 0.275 e. The number of rotatable bonds is 5. The average Bonchev–Trinajstić information content (AvgIpc) is 2.75. The van der Waals surface area contributed by atoms with E-state index in [4.69, 9.17) is 23.2 Å².